The number of hydrogen-bond donors (Lipinski definition) is 0. The lowest BCUT2D eigenvalue weighted by Crippen LogP contribution is -2.09. The van der Waals surface area contributed by atoms with Crippen molar-refractivity contribution in [2.24, 2.45) is 0 Å². The Labute approximate surface area is 133 Å². The molecule has 0 spiro atoms. The summed E-state index contributed by atoms with van der Waals surface area (Å²) >= 11 is 9.42. The monoisotopic (exact) mass is 383 g/mol. The smallest absolute Gasteiger partial charge is 0.311 e. The van der Waals surface area contributed by atoms with Gasteiger partial charge in [0.15, 0.2) is 5.65 Å². The van der Waals surface area contributed by atoms with Gasteiger partial charge < -0.3 is 4.57 Å². The maximum absolute atomic E-state index is 12.2. The highest BCUT2D eigenvalue weighted by Gasteiger charge is 2.26. The van der Waals surface area contributed by atoms with Gasteiger partial charge in [-0.05, 0) is 41.8 Å². The third kappa shape index (κ3) is 4.32. The molecule has 0 saturated carbocycles. The van der Waals surface area contributed by atoms with Crippen LogP contribution in [0.15, 0.2) is 16.7 Å². The van der Waals surface area contributed by atoms with E-state index in [-0.39, 0.29) is 11.8 Å². The van der Waals surface area contributed by atoms with Crippen molar-refractivity contribution in [2.75, 3.05) is 0 Å². The summed E-state index contributed by atoms with van der Waals surface area (Å²) < 4.78 is 39.1. The predicted octanol–water partition coefficient (Wildman–Crippen LogP) is 5.23. The summed E-state index contributed by atoms with van der Waals surface area (Å²) in [7, 11) is 0. The van der Waals surface area contributed by atoms with Gasteiger partial charge in [-0.15, -0.1) is 11.6 Å². The standard InChI is InChI=1S/C13H14BrClF3N3/c1-8(15)11-20-10-6-9(14)7-19-12(10)21(11)5-3-2-4-13(16,17)18/h6-8H,2-5H2,1H3. The molecule has 0 aromatic carbocycles. The number of rotatable bonds is 5. The number of nitrogens with zero attached hydrogens (tertiary/aromatic N) is 3. The van der Waals surface area contributed by atoms with E-state index in [1.54, 1.807) is 17.7 Å². The normalized spacial score (nSPS) is 13.8. The molecule has 1 atom stereocenters. The van der Waals surface area contributed by atoms with E-state index in [1.807, 2.05) is 6.07 Å². The Hall–Kier alpha value is -0.820. The van der Waals surface area contributed by atoms with Gasteiger partial charge in [0.2, 0.25) is 0 Å². The van der Waals surface area contributed by atoms with E-state index in [0.717, 1.165) is 4.47 Å². The minimum atomic E-state index is -4.11. The van der Waals surface area contributed by atoms with Crippen LogP contribution in [0, 0.1) is 0 Å². The fourth-order valence-corrected chi connectivity index (χ4v) is 2.61. The van der Waals surface area contributed by atoms with E-state index >= 15 is 0 Å². The van der Waals surface area contributed by atoms with E-state index in [1.165, 1.54) is 0 Å². The van der Waals surface area contributed by atoms with Gasteiger partial charge in [-0.25, -0.2) is 9.97 Å². The Morgan fingerprint density at radius 2 is 2.10 bits per heavy atom. The third-order valence-corrected chi connectivity index (χ3v) is 3.66. The summed E-state index contributed by atoms with van der Waals surface area (Å²) in [6, 6.07) is 1.82. The van der Waals surface area contributed by atoms with Gasteiger partial charge in [-0.2, -0.15) is 13.2 Å². The third-order valence-electron chi connectivity index (χ3n) is 3.03. The van der Waals surface area contributed by atoms with Crippen molar-refractivity contribution in [3.8, 4) is 0 Å². The summed E-state index contributed by atoms with van der Waals surface area (Å²) in [6.07, 6.45) is -2.76. The topological polar surface area (TPSA) is 30.7 Å². The van der Waals surface area contributed by atoms with Gasteiger partial charge in [0, 0.05) is 23.6 Å². The van der Waals surface area contributed by atoms with Gasteiger partial charge in [0.25, 0.3) is 0 Å². The van der Waals surface area contributed by atoms with Gasteiger partial charge in [-0.1, -0.05) is 0 Å². The minimum Gasteiger partial charge on any atom is -0.311 e. The molecule has 0 saturated heterocycles. The number of alkyl halides is 4. The first-order chi connectivity index (χ1) is 9.78. The van der Waals surface area contributed by atoms with Crippen LogP contribution in [0.4, 0.5) is 13.2 Å². The average molecular weight is 385 g/mol. The van der Waals surface area contributed by atoms with Crippen LogP contribution in [-0.4, -0.2) is 20.7 Å². The van der Waals surface area contributed by atoms with Crippen LogP contribution in [0.2, 0.25) is 0 Å². The fraction of sp³-hybridized carbons (Fsp3) is 0.538. The van der Waals surface area contributed by atoms with Crippen molar-refractivity contribution in [3.05, 3.63) is 22.6 Å². The van der Waals surface area contributed by atoms with Gasteiger partial charge in [0.05, 0.1) is 5.38 Å². The number of fused-ring (bicyclic) bond motifs is 1. The molecule has 0 amide bonds. The Morgan fingerprint density at radius 3 is 2.71 bits per heavy atom. The number of pyridine rings is 1. The van der Waals surface area contributed by atoms with Crippen LogP contribution >= 0.6 is 27.5 Å². The minimum absolute atomic E-state index is 0.0792. The summed E-state index contributed by atoms with van der Waals surface area (Å²) in [4.78, 5) is 8.70. The van der Waals surface area contributed by atoms with E-state index < -0.39 is 12.6 Å². The van der Waals surface area contributed by atoms with Crippen LogP contribution in [0.1, 0.15) is 37.4 Å². The van der Waals surface area contributed by atoms with Crippen molar-refractivity contribution in [3.63, 3.8) is 0 Å². The lowest BCUT2D eigenvalue weighted by Gasteiger charge is -2.10. The summed E-state index contributed by atoms with van der Waals surface area (Å²) in [6.45, 7) is 2.21. The molecule has 2 rings (SSSR count). The van der Waals surface area contributed by atoms with Gasteiger partial charge >= 0.3 is 6.18 Å². The quantitative estimate of drug-likeness (QED) is 0.522. The number of aromatic nitrogens is 3. The van der Waals surface area contributed by atoms with E-state index in [9.17, 15) is 13.2 Å². The molecule has 0 fully saturated rings. The fourth-order valence-electron chi connectivity index (χ4n) is 2.12. The van der Waals surface area contributed by atoms with Crippen molar-refractivity contribution >= 4 is 38.7 Å². The van der Waals surface area contributed by atoms with Crippen molar-refractivity contribution in [2.45, 2.75) is 44.3 Å². The summed E-state index contributed by atoms with van der Waals surface area (Å²) in [5.74, 6) is 0.629. The van der Waals surface area contributed by atoms with Crippen molar-refractivity contribution in [1.82, 2.24) is 14.5 Å². The molecule has 0 bridgehead atoms. The molecule has 2 aromatic rings. The highest BCUT2D eigenvalue weighted by Crippen LogP contribution is 2.27. The highest BCUT2D eigenvalue weighted by molar-refractivity contribution is 9.10. The lowest BCUT2D eigenvalue weighted by molar-refractivity contribution is -0.135. The summed E-state index contributed by atoms with van der Waals surface area (Å²) in [5, 5.41) is -0.333. The number of aryl methyl sites for hydroxylation is 1. The average Bonchev–Trinajstić information content (AvgIpc) is 2.71. The maximum atomic E-state index is 12.2. The molecule has 2 heterocycles. The molecule has 3 nitrogen and oxygen atoms in total. The van der Waals surface area contributed by atoms with E-state index in [2.05, 4.69) is 25.9 Å². The molecule has 0 aliphatic carbocycles. The van der Waals surface area contributed by atoms with E-state index in [0.29, 0.717) is 30.0 Å². The molecule has 2 aromatic heterocycles. The zero-order valence-electron chi connectivity index (χ0n) is 11.3. The molecular formula is C13H14BrClF3N3. The largest absolute Gasteiger partial charge is 0.389 e. The molecule has 0 aliphatic heterocycles. The van der Waals surface area contributed by atoms with Gasteiger partial charge in [-0.3, -0.25) is 0 Å². The highest BCUT2D eigenvalue weighted by atomic mass is 79.9. The molecule has 8 heteroatoms. The number of halogens is 5. The zero-order chi connectivity index (χ0) is 15.6. The Morgan fingerprint density at radius 1 is 1.38 bits per heavy atom. The first-order valence-corrected chi connectivity index (χ1v) is 7.73. The second-order valence-electron chi connectivity index (χ2n) is 4.81. The second-order valence-corrected chi connectivity index (χ2v) is 6.38. The maximum Gasteiger partial charge on any atom is 0.389 e. The first-order valence-electron chi connectivity index (χ1n) is 6.50. The molecular weight excluding hydrogens is 371 g/mol. The second kappa shape index (κ2) is 6.52. The molecule has 21 heavy (non-hydrogen) atoms. The van der Waals surface area contributed by atoms with Crippen LogP contribution in [0.5, 0.6) is 0 Å². The first kappa shape index (κ1) is 16.5. The van der Waals surface area contributed by atoms with Crippen molar-refractivity contribution in [1.29, 1.82) is 0 Å². The SMILES string of the molecule is CC(Cl)c1nc2cc(Br)cnc2n1CCCCC(F)(F)F. The zero-order valence-corrected chi connectivity index (χ0v) is 13.6. The lowest BCUT2D eigenvalue weighted by atomic mass is 10.2. The molecule has 0 aliphatic rings. The Balaban J connectivity index is 2.19. The number of hydrogen-bond acceptors (Lipinski definition) is 2. The number of unbranched alkanes of at least 4 members (excludes halogenated alkanes) is 1. The molecule has 116 valence electrons. The van der Waals surface area contributed by atoms with Crippen LogP contribution in [0.3, 0.4) is 0 Å². The van der Waals surface area contributed by atoms with Gasteiger partial charge in [0.1, 0.15) is 11.3 Å². The van der Waals surface area contributed by atoms with E-state index in [4.69, 9.17) is 11.6 Å². The Kier molecular flexibility index (Phi) is 5.14. The molecule has 0 radical (unpaired) electrons. The van der Waals surface area contributed by atoms with Crippen molar-refractivity contribution < 1.29 is 13.2 Å². The van der Waals surface area contributed by atoms with Crippen LogP contribution in [-0.2, 0) is 6.54 Å². The van der Waals surface area contributed by atoms with Crippen LogP contribution in [0.25, 0.3) is 11.2 Å². The number of imidazole rings is 1. The Bertz CT molecular complexity index is 625. The summed E-state index contributed by atoms with van der Waals surface area (Å²) in [5.41, 5.74) is 1.33. The predicted molar refractivity (Wildman–Crippen MR) is 79.4 cm³/mol. The van der Waals surface area contributed by atoms with Crippen LogP contribution < -0.4 is 0 Å². The molecule has 0 N–H and O–H groups in total. The molecule has 1 unspecified atom stereocenters.